The fourth-order valence-electron chi connectivity index (χ4n) is 2.80. The number of furan rings is 1. The number of ether oxygens (including phenoxy) is 1. The van der Waals surface area contributed by atoms with Crippen molar-refractivity contribution in [1.29, 1.82) is 0 Å². The Bertz CT molecular complexity index is 978. The molecule has 1 amide bonds. The number of aryl methyl sites for hydroxylation is 3. The second-order valence-corrected chi connectivity index (χ2v) is 7.20. The molecule has 142 valence electrons. The number of aromatic nitrogens is 1. The summed E-state index contributed by atoms with van der Waals surface area (Å²) in [4.78, 5) is 17.9. The Labute approximate surface area is 159 Å². The molecule has 1 N–H and O–H groups in total. The van der Waals surface area contributed by atoms with E-state index in [0.717, 1.165) is 16.0 Å². The quantitative estimate of drug-likeness (QED) is 0.623. The van der Waals surface area contributed by atoms with E-state index in [9.17, 15) is 13.6 Å². The first-order valence-corrected chi connectivity index (χ1v) is 8.98. The highest BCUT2D eigenvalue weighted by atomic mass is 32.1. The minimum atomic E-state index is -2.86. The Morgan fingerprint density at radius 3 is 2.37 bits per heavy atom. The molecule has 1 aromatic carbocycles. The third kappa shape index (κ3) is 4.00. The largest absolute Gasteiger partial charge is 0.466 e. The van der Waals surface area contributed by atoms with Gasteiger partial charge in [0.25, 0.3) is 5.91 Å². The van der Waals surface area contributed by atoms with Crippen molar-refractivity contribution < 1.29 is 22.7 Å². The second kappa shape index (κ2) is 7.48. The SMILES string of the molecule is Cc1oc(C)c(C(=O)Nc2nc(-c3ccc(OC(F)F)cc3)c(C)s2)c1C. The van der Waals surface area contributed by atoms with Gasteiger partial charge in [0.1, 0.15) is 17.3 Å². The molecule has 0 saturated carbocycles. The van der Waals surface area contributed by atoms with Gasteiger partial charge in [0.2, 0.25) is 0 Å². The molecular weight excluding hydrogens is 374 g/mol. The molecule has 0 fully saturated rings. The van der Waals surface area contributed by atoms with Crippen molar-refractivity contribution >= 4 is 22.4 Å². The molecule has 0 spiro atoms. The lowest BCUT2D eigenvalue weighted by atomic mass is 10.1. The van der Waals surface area contributed by atoms with Crippen LogP contribution in [0.15, 0.2) is 28.7 Å². The van der Waals surface area contributed by atoms with E-state index in [1.165, 1.54) is 23.5 Å². The molecule has 0 unspecified atom stereocenters. The smallest absolute Gasteiger partial charge is 0.387 e. The van der Waals surface area contributed by atoms with Gasteiger partial charge in [-0.1, -0.05) is 0 Å². The summed E-state index contributed by atoms with van der Waals surface area (Å²) in [5.74, 6) is 1.07. The van der Waals surface area contributed by atoms with E-state index in [2.05, 4.69) is 15.0 Å². The highest BCUT2D eigenvalue weighted by molar-refractivity contribution is 7.16. The number of alkyl halides is 2. The lowest BCUT2D eigenvalue weighted by Crippen LogP contribution is -2.13. The fourth-order valence-corrected chi connectivity index (χ4v) is 3.63. The molecule has 0 aliphatic carbocycles. The third-order valence-corrected chi connectivity index (χ3v) is 5.04. The van der Waals surface area contributed by atoms with Crippen molar-refractivity contribution in [2.75, 3.05) is 5.32 Å². The number of thiazole rings is 1. The molecule has 2 heterocycles. The van der Waals surface area contributed by atoms with Gasteiger partial charge in [-0.05, 0) is 52.0 Å². The summed E-state index contributed by atoms with van der Waals surface area (Å²) in [5.41, 5.74) is 2.73. The number of anilines is 1. The van der Waals surface area contributed by atoms with Crippen molar-refractivity contribution in [2.45, 2.75) is 34.3 Å². The van der Waals surface area contributed by atoms with Gasteiger partial charge < -0.3 is 9.15 Å². The summed E-state index contributed by atoms with van der Waals surface area (Å²) in [7, 11) is 0. The molecular formula is C19H18F2N2O3S. The molecule has 0 atom stereocenters. The molecule has 0 aliphatic rings. The predicted molar refractivity (Wildman–Crippen MR) is 99.8 cm³/mol. The highest BCUT2D eigenvalue weighted by Gasteiger charge is 2.20. The maximum Gasteiger partial charge on any atom is 0.387 e. The van der Waals surface area contributed by atoms with Crippen LogP contribution in [0.1, 0.15) is 32.3 Å². The van der Waals surface area contributed by atoms with E-state index in [1.54, 1.807) is 19.1 Å². The van der Waals surface area contributed by atoms with Crippen molar-refractivity contribution in [3.8, 4) is 17.0 Å². The third-order valence-electron chi connectivity index (χ3n) is 4.16. The second-order valence-electron chi connectivity index (χ2n) is 6.00. The summed E-state index contributed by atoms with van der Waals surface area (Å²) in [6.45, 7) is 4.41. The highest BCUT2D eigenvalue weighted by Crippen LogP contribution is 2.32. The Morgan fingerprint density at radius 2 is 1.81 bits per heavy atom. The lowest BCUT2D eigenvalue weighted by Gasteiger charge is -2.05. The topological polar surface area (TPSA) is 64.4 Å². The van der Waals surface area contributed by atoms with Gasteiger partial charge in [-0.15, -0.1) is 11.3 Å². The normalized spacial score (nSPS) is 11.1. The van der Waals surface area contributed by atoms with Crippen LogP contribution >= 0.6 is 11.3 Å². The minimum absolute atomic E-state index is 0.0800. The number of amides is 1. The van der Waals surface area contributed by atoms with Crippen molar-refractivity contribution in [2.24, 2.45) is 0 Å². The van der Waals surface area contributed by atoms with Crippen LogP contribution in [0.5, 0.6) is 5.75 Å². The molecule has 2 aromatic heterocycles. The van der Waals surface area contributed by atoms with E-state index in [-0.39, 0.29) is 11.7 Å². The number of benzene rings is 1. The lowest BCUT2D eigenvalue weighted by molar-refractivity contribution is -0.0498. The zero-order valence-electron chi connectivity index (χ0n) is 15.2. The standard InChI is InChI=1S/C19H18F2N2O3S/c1-9-10(2)25-11(3)15(9)17(24)23-19-22-16(12(4)27-19)13-5-7-14(8-6-13)26-18(20)21/h5-8,18H,1-4H3,(H,22,23,24). The zero-order valence-corrected chi connectivity index (χ0v) is 16.0. The molecule has 0 saturated heterocycles. The van der Waals surface area contributed by atoms with Crippen LogP contribution < -0.4 is 10.1 Å². The molecule has 0 aliphatic heterocycles. The number of nitrogens with zero attached hydrogens (tertiary/aromatic N) is 1. The summed E-state index contributed by atoms with van der Waals surface area (Å²) in [6, 6.07) is 6.22. The summed E-state index contributed by atoms with van der Waals surface area (Å²) < 4.78 is 34.4. The zero-order chi connectivity index (χ0) is 19.7. The first-order valence-electron chi connectivity index (χ1n) is 8.17. The van der Waals surface area contributed by atoms with Crippen molar-refractivity contribution in [1.82, 2.24) is 4.98 Å². The van der Waals surface area contributed by atoms with Crippen LogP contribution in [-0.4, -0.2) is 17.5 Å². The Morgan fingerprint density at radius 1 is 1.15 bits per heavy atom. The average molecular weight is 392 g/mol. The van der Waals surface area contributed by atoms with Gasteiger partial charge in [0, 0.05) is 16.0 Å². The number of rotatable bonds is 5. The van der Waals surface area contributed by atoms with Crippen molar-refractivity contribution in [3.05, 3.63) is 51.8 Å². The van der Waals surface area contributed by atoms with E-state index in [4.69, 9.17) is 4.42 Å². The molecule has 3 rings (SSSR count). The molecule has 3 aromatic rings. The molecule has 0 radical (unpaired) electrons. The van der Waals surface area contributed by atoms with Gasteiger partial charge in [-0.3, -0.25) is 10.1 Å². The van der Waals surface area contributed by atoms with Crippen LogP contribution in [0.4, 0.5) is 13.9 Å². The van der Waals surface area contributed by atoms with Gasteiger partial charge in [-0.2, -0.15) is 8.78 Å². The van der Waals surface area contributed by atoms with E-state index >= 15 is 0 Å². The van der Waals surface area contributed by atoms with E-state index in [1.807, 2.05) is 20.8 Å². The van der Waals surface area contributed by atoms with Crippen LogP contribution in [0, 0.1) is 27.7 Å². The summed E-state index contributed by atoms with van der Waals surface area (Å²) in [5, 5.41) is 3.26. The number of halogens is 2. The van der Waals surface area contributed by atoms with Crippen LogP contribution in [0.25, 0.3) is 11.3 Å². The monoisotopic (exact) mass is 392 g/mol. The van der Waals surface area contributed by atoms with E-state index in [0.29, 0.717) is 27.9 Å². The first-order chi connectivity index (χ1) is 12.8. The molecule has 8 heteroatoms. The average Bonchev–Trinajstić information content (AvgIpc) is 3.06. The molecule has 5 nitrogen and oxygen atoms in total. The molecule has 0 bridgehead atoms. The number of nitrogens with one attached hydrogen (secondary N) is 1. The first kappa shape index (κ1) is 19.0. The number of hydrogen-bond acceptors (Lipinski definition) is 5. The minimum Gasteiger partial charge on any atom is -0.466 e. The maximum atomic E-state index is 12.6. The van der Waals surface area contributed by atoms with Gasteiger partial charge in [0.05, 0.1) is 11.3 Å². The fraction of sp³-hybridized carbons (Fsp3) is 0.263. The van der Waals surface area contributed by atoms with Gasteiger partial charge in [0.15, 0.2) is 5.13 Å². The van der Waals surface area contributed by atoms with Crippen molar-refractivity contribution in [3.63, 3.8) is 0 Å². The predicted octanol–water partition coefficient (Wildman–Crippen LogP) is 5.49. The van der Waals surface area contributed by atoms with Crippen LogP contribution in [0.3, 0.4) is 0 Å². The van der Waals surface area contributed by atoms with Crippen LogP contribution in [-0.2, 0) is 0 Å². The van der Waals surface area contributed by atoms with Gasteiger partial charge in [-0.25, -0.2) is 4.98 Å². The summed E-state index contributed by atoms with van der Waals surface area (Å²) >= 11 is 1.34. The Hall–Kier alpha value is -2.74. The number of carbonyl (C=O) groups excluding carboxylic acids is 1. The summed E-state index contributed by atoms with van der Waals surface area (Å²) in [6.07, 6.45) is 0. The number of carbonyl (C=O) groups is 1. The van der Waals surface area contributed by atoms with Gasteiger partial charge >= 0.3 is 6.61 Å². The molecule has 27 heavy (non-hydrogen) atoms. The Balaban J connectivity index is 1.81. The van der Waals surface area contributed by atoms with E-state index < -0.39 is 6.61 Å². The Kier molecular flexibility index (Phi) is 5.27. The van der Waals surface area contributed by atoms with Crippen LogP contribution in [0.2, 0.25) is 0 Å². The number of hydrogen-bond donors (Lipinski definition) is 1. The maximum absolute atomic E-state index is 12.6.